The molecule has 0 radical (unpaired) electrons. The molecule has 0 aliphatic carbocycles. The normalized spacial score (nSPS) is 44.8. The van der Waals surface area contributed by atoms with E-state index in [9.17, 15) is 4.57 Å². The van der Waals surface area contributed by atoms with Gasteiger partial charge < -0.3 is 4.57 Å². The van der Waals surface area contributed by atoms with E-state index in [1.807, 2.05) is 13.6 Å². The molecule has 0 N–H and O–H groups in total. The summed E-state index contributed by atoms with van der Waals surface area (Å²) < 4.78 is 11.7. The second-order valence-corrected chi connectivity index (χ2v) is 7.34. The van der Waals surface area contributed by atoms with Gasteiger partial charge in [-0.15, -0.1) is 6.42 Å². The second kappa shape index (κ2) is 2.68. The Morgan fingerprint density at radius 1 is 1.64 bits per heavy atom. The molecule has 1 aliphatic rings. The molecule has 2 heteroatoms. The number of rotatable bonds is 0. The molecule has 11 heavy (non-hydrogen) atoms. The lowest BCUT2D eigenvalue weighted by molar-refractivity contribution is 0.428. The molecule has 62 valence electrons. The van der Waals surface area contributed by atoms with Crippen molar-refractivity contribution in [2.75, 3.05) is 19.0 Å². The maximum absolute atomic E-state index is 11.7. The van der Waals surface area contributed by atoms with E-state index in [0.717, 1.165) is 25.2 Å². The van der Waals surface area contributed by atoms with E-state index in [4.69, 9.17) is 6.42 Å². The van der Waals surface area contributed by atoms with Crippen LogP contribution in [0.5, 0.6) is 0 Å². The molecule has 0 aromatic rings. The third-order valence-corrected chi connectivity index (χ3v) is 5.02. The highest BCUT2D eigenvalue weighted by Crippen LogP contribution is 2.52. The van der Waals surface area contributed by atoms with Crippen LogP contribution in [-0.2, 0) is 4.57 Å². The summed E-state index contributed by atoms with van der Waals surface area (Å²) in [4.78, 5) is 0. The van der Waals surface area contributed by atoms with Crippen molar-refractivity contribution in [3.63, 3.8) is 0 Å². The fourth-order valence-corrected chi connectivity index (χ4v) is 4.53. The minimum absolute atomic E-state index is 0.0808. The van der Waals surface area contributed by atoms with Gasteiger partial charge in [0.2, 0.25) is 0 Å². The highest BCUT2D eigenvalue weighted by atomic mass is 31.2. The standard InChI is InChI=1S/C9H15OP/c1-4-9(2)6-5-7-11(3,10)8-9/h1H,5-8H2,2-3H3. The van der Waals surface area contributed by atoms with Crippen molar-refractivity contribution in [2.45, 2.75) is 19.8 Å². The number of hydrogen-bond donors (Lipinski definition) is 0. The number of terminal acetylenes is 1. The Hall–Kier alpha value is -0.210. The highest BCUT2D eigenvalue weighted by molar-refractivity contribution is 7.63. The second-order valence-electron chi connectivity index (χ2n) is 3.99. The summed E-state index contributed by atoms with van der Waals surface area (Å²) in [6.07, 6.45) is 9.11. The van der Waals surface area contributed by atoms with Crippen molar-refractivity contribution in [1.82, 2.24) is 0 Å². The average molecular weight is 170 g/mol. The van der Waals surface area contributed by atoms with Crippen LogP contribution in [0.15, 0.2) is 0 Å². The Bertz CT molecular complexity index is 238. The Kier molecular flexibility index (Phi) is 2.17. The van der Waals surface area contributed by atoms with Crippen molar-refractivity contribution in [3.8, 4) is 12.3 Å². The van der Waals surface area contributed by atoms with Crippen LogP contribution in [0.4, 0.5) is 0 Å². The lowest BCUT2D eigenvalue weighted by Crippen LogP contribution is -2.24. The Morgan fingerprint density at radius 2 is 2.27 bits per heavy atom. The molecule has 0 bridgehead atoms. The summed E-state index contributed by atoms with van der Waals surface area (Å²) in [5.74, 6) is 2.76. The highest BCUT2D eigenvalue weighted by Gasteiger charge is 2.34. The van der Waals surface area contributed by atoms with Gasteiger partial charge in [-0.3, -0.25) is 0 Å². The van der Waals surface area contributed by atoms with Crippen LogP contribution in [0.2, 0.25) is 0 Å². The fourth-order valence-electron chi connectivity index (χ4n) is 1.82. The van der Waals surface area contributed by atoms with Crippen molar-refractivity contribution >= 4 is 7.14 Å². The van der Waals surface area contributed by atoms with Crippen molar-refractivity contribution < 1.29 is 4.57 Å². The zero-order valence-corrected chi connectivity index (χ0v) is 8.16. The van der Waals surface area contributed by atoms with Gasteiger partial charge >= 0.3 is 0 Å². The molecule has 1 heterocycles. The summed E-state index contributed by atoms with van der Waals surface area (Å²) in [5, 5.41) is 0. The first kappa shape index (κ1) is 8.88. The van der Waals surface area contributed by atoms with Crippen LogP contribution in [0.3, 0.4) is 0 Å². The quantitative estimate of drug-likeness (QED) is 0.403. The molecule has 2 unspecified atom stereocenters. The SMILES string of the molecule is C#CC1(C)CCCP(C)(=O)C1. The van der Waals surface area contributed by atoms with E-state index in [1.165, 1.54) is 0 Å². The lowest BCUT2D eigenvalue weighted by atomic mass is 9.89. The maximum Gasteiger partial charge on any atom is 0.0863 e. The molecule has 0 saturated carbocycles. The van der Waals surface area contributed by atoms with Crippen LogP contribution >= 0.6 is 7.14 Å². The van der Waals surface area contributed by atoms with Crippen LogP contribution < -0.4 is 0 Å². The van der Waals surface area contributed by atoms with Gasteiger partial charge in [0.05, 0.1) is 7.14 Å². The van der Waals surface area contributed by atoms with E-state index < -0.39 is 7.14 Å². The topological polar surface area (TPSA) is 17.1 Å². The van der Waals surface area contributed by atoms with Crippen LogP contribution in [-0.4, -0.2) is 19.0 Å². The molecule has 0 amide bonds. The van der Waals surface area contributed by atoms with Crippen LogP contribution in [0.25, 0.3) is 0 Å². The zero-order valence-electron chi connectivity index (χ0n) is 7.26. The Morgan fingerprint density at radius 3 is 2.64 bits per heavy atom. The zero-order chi connectivity index (χ0) is 8.54. The third-order valence-electron chi connectivity index (χ3n) is 2.39. The van der Waals surface area contributed by atoms with E-state index in [2.05, 4.69) is 5.92 Å². The molecule has 1 aliphatic heterocycles. The van der Waals surface area contributed by atoms with E-state index in [-0.39, 0.29) is 5.41 Å². The molecule has 2 atom stereocenters. The van der Waals surface area contributed by atoms with Gasteiger partial charge in [0.1, 0.15) is 0 Å². The Balaban J connectivity index is 2.77. The average Bonchev–Trinajstić information content (AvgIpc) is 1.85. The van der Waals surface area contributed by atoms with Crippen molar-refractivity contribution in [1.29, 1.82) is 0 Å². The predicted octanol–water partition coefficient (Wildman–Crippen LogP) is 2.41. The predicted molar refractivity (Wildman–Crippen MR) is 49.4 cm³/mol. The summed E-state index contributed by atoms with van der Waals surface area (Å²) in [6, 6.07) is 0. The van der Waals surface area contributed by atoms with E-state index in [0.29, 0.717) is 0 Å². The summed E-state index contributed by atoms with van der Waals surface area (Å²) in [6.45, 7) is 3.92. The monoisotopic (exact) mass is 170 g/mol. The Labute approximate surface area is 68.9 Å². The van der Waals surface area contributed by atoms with Crippen LogP contribution in [0.1, 0.15) is 19.8 Å². The minimum atomic E-state index is -1.87. The van der Waals surface area contributed by atoms with Crippen molar-refractivity contribution in [2.24, 2.45) is 5.41 Å². The van der Waals surface area contributed by atoms with Gasteiger partial charge in [0.25, 0.3) is 0 Å². The molecular formula is C9H15OP. The first-order valence-corrected chi connectivity index (χ1v) is 6.53. The molecule has 1 fully saturated rings. The van der Waals surface area contributed by atoms with Gasteiger partial charge in [-0.25, -0.2) is 0 Å². The number of hydrogen-bond acceptors (Lipinski definition) is 1. The van der Waals surface area contributed by atoms with Gasteiger partial charge in [0, 0.05) is 17.7 Å². The molecule has 0 aromatic heterocycles. The first-order valence-electron chi connectivity index (χ1n) is 4.01. The molecule has 1 nitrogen and oxygen atoms in total. The first-order chi connectivity index (χ1) is 4.97. The largest absolute Gasteiger partial charge is 0.324 e. The molecule has 0 spiro atoms. The third kappa shape index (κ3) is 2.11. The maximum atomic E-state index is 11.7. The van der Waals surface area contributed by atoms with Crippen LogP contribution in [0, 0.1) is 17.8 Å². The molecule has 0 aromatic carbocycles. The fraction of sp³-hybridized carbons (Fsp3) is 0.778. The van der Waals surface area contributed by atoms with Crippen molar-refractivity contribution in [3.05, 3.63) is 0 Å². The summed E-state index contributed by atoms with van der Waals surface area (Å²) in [7, 11) is -1.87. The lowest BCUT2D eigenvalue weighted by Gasteiger charge is -2.32. The smallest absolute Gasteiger partial charge is 0.0863 e. The molecule has 1 rings (SSSR count). The summed E-state index contributed by atoms with van der Waals surface area (Å²) >= 11 is 0. The summed E-state index contributed by atoms with van der Waals surface area (Å²) in [5.41, 5.74) is -0.0808. The van der Waals surface area contributed by atoms with E-state index in [1.54, 1.807) is 0 Å². The van der Waals surface area contributed by atoms with Gasteiger partial charge in [-0.05, 0) is 26.4 Å². The van der Waals surface area contributed by atoms with Gasteiger partial charge in [-0.2, -0.15) is 0 Å². The van der Waals surface area contributed by atoms with E-state index >= 15 is 0 Å². The minimum Gasteiger partial charge on any atom is -0.324 e. The molecule has 1 saturated heterocycles. The molecular weight excluding hydrogens is 155 g/mol. The van der Waals surface area contributed by atoms with Gasteiger partial charge in [-0.1, -0.05) is 5.92 Å². The van der Waals surface area contributed by atoms with Gasteiger partial charge in [0.15, 0.2) is 0 Å².